The van der Waals surface area contributed by atoms with Crippen molar-refractivity contribution in [1.29, 1.82) is 0 Å². The van der Waals surface area contributed by atoms with Gasteiger partial charge in [0.15, 0.2) is 5.12 Å². The first-order valence-electron chi connectivity index (χ1n) is 7.10. The number of hydrogen-bond donors (Lipinski definition) is 1. The minimum absolute atomic E-state index is 0.156. The minimum Gasteiger partial charge on any atom is -0.468 e. The molecular formula is C16H16ClNO3S. The van der Waals surface area contributed by atoms with Gasteiger partial charge in [0.2, 0.25) is 0 Å². The maximum Gasteiger partial charge on any atom is 0.319 e. The van der Waals surface area contributed by atoms with Crippen LogP contribution >= 0.6 is 23.4 Å². The van der Waals surface area contributed by atoms with Gasteiger partial charge in [-0.1, -0.05) is 41.6 Å². The fourth-order valence-corrected chi connectivity index (χ4v) is 4.40. The Hall–Kier alpha value is -1.46. The van der Waals surface area contributed by atoms with Crippen molar-refractivity contribution in [1.82, 2.24) is 5.32 Å². The third kappa shape index (κ3) is 2.75. The second kappa shape index (κ2) is 6.34. The Labute approximate surface area is 138 Å². The molecule has 1 aromatic rings. The van der Waals surface area contributed by atoms with Crippen molar-refractivity contribution in [3.05, 3.63) is 46.1 Å². The molecule has 1 fully saturated rings. The molecule has 2 atom stereocenters. The van der Waals surface area contributed by atoms with Crippen molar-refractivity contribution in [2.75, 3.05) is 13.7 Å². The molecule has 0 aliphatic carbocycles. The standard InChI is InChI=1S/C16H16ClNO3S/c1-21-16(20)14(9-4-2-3-5-11(9)17)15-10-8-13(19)22-12(10)6-7-18-15/h2-5,12,14,18H,6-8H2,1H3/t12?,14-/m0/s1. The van der Waals surface area contributed by atoms with E-state index in [2.05, 4.69) is 5.32 Å². The van der Waals surface area contributed by atoms with E-state index in [1.807, 2.05) is 18.2 Å². The molecule has 2 heterocycles. The van der Waals surface area contributed by atoms with Crippen LogP contribution in [0, 0.1) is 0 Å². The Morgan fingerprint density at radius 1 is 1.45 bits per heavy atom. The highest BCUT2D eigenvalue weighted by atomic mass is 35.5. The Bertz CT molecular complexity index is 659. The number of ether oxygens (including phenoxy) is 1. The zero-order chi connectivity index (χ0) is 15.7. The van der Waals surface area contributed by atoms with E-state index in [-0.39, 0.29) is 16.3 Å². The number of benzene rings is 1. The number of nitrogens with one attached hydrogen (secondary N) is 1. The fraction of sp³-hybridized carbons (Fsp3) is 0.375. The van der Waals surface area contributed by atoms with Crippen LogP contribution in [0.2, 0.25) is 5.02 Å². The number of carbonyl (C=O) groups is 2. The summed E-state index contributed by atoms with van der Waals surface area (Å²) in [6.45, 7) is 0.738. The Balaban J connectivity index is 2.10. The van der Waals surface area contributed by atoms with Crippen LogP contribution in [0.1, 0.15) is 24.3 Å². The van der Waals surface area contributed by atoms with Gasteiger partial charge in [-0.25, -0.2) is 0 Å². The lowest BCUT2D eigenvalue weighted by molar-refractivity contribution is -0.141. The number of halogens is 1. The lowest BCUT2D eigenvalue weighted by Gasteiger charge is -2.29. The molecule has 116 valence electrons. The van der Waals surface area contributed by atoms with Crippen molar-refractivity contribution in [3.8, 4) is 0 Å². The van der Waals surface area contributed by atoms with Crippen LogP contribution < -0.4 is 5.32 Å². The van der Waals surface area contributed by atoms with Gasteiger partial charge in [0.25, 0.3) is 0 Å². The highest BCUT2D eigenvalue weighted by Gasteiger charge is 2.39. The molecule has 2 aliphatic rings. The van der Waals surface area contributed by atoms with Gasteiger partial charge in [0.1, 0.15) is 5.92 Å². The molecule has 0 amide bonds. The van der Waals surface area contributed by atoms with Gasteiger partial charge in [0.05, 0.1) is 7.11 Å². The van der Waals surface area contributed by atoms with E-state index in [1.165, 1.54) is 18.9 Å². The molecule has 6 heteroatoms. The number of fused-ring (bicyclic) bond motifs is 1. The summed E-state index contributed by atoms with van der Waals surface area (Å²) in [5.41, 5.74) is 2.50. The molecule has 1 saturated heterocycles. The second-order valence-corrected chi connectivity index (χ2v) is 6.95. The predicted octanol–water partition coefficient (Wildman–Crippen LogP) is 2.88. The Kier molecular flexibility index (Phi) is 4.45. The normalized spacial score (nSPS) is 22.1. The fourth-order valence-electron chi connectivity index (χ4n) is 3.01. The topological polar surface area (TPSA) is 55.4 Å². The van der Waals surface area contributed by atoms with E-state index in [4.69, 9.17) is 16.3 Å². The number of methoxy groups -OCH3 is 1. The van der Waals surface area contributed by atoms with Crippen molar-refractivity contribution in [3.63, 3.8) is 0 Å². The molecule has 0 bridgehead atoms. The van der Waals surface area contributed by atoms with Crippen molar-refractivity contribution in [2.45, 2.75) is 24.0 Å². The van der Waals surface area contributed by atoms with E-state index in [0.717, 1.165) is 24.2 Å². The van der Waals surface area contributed by atoms with Crippen LogP contribution in [0.5, 0.6) is 0 Å². The summed E-state index contributed by atoms with van der Waals surface area (Å²) in [4.78, 5) is 24.2. The van der Waals surface area contributed by atoms with E-state index in [0.29, 0.717) is 17.0 Å². The maximum absolute atomic E-state index is 12.4. The number of rotatable bonds is 3. The maximum atomic E-state index is 12.4. The molecule has 22 heavy (non-hydrogen) atoms. The van der Waals surface area contributed by atoms with E-state index >= 15 is 0 Å². The molecule has 1 aromatic carbocycles. The van der Waals surface area contributed by atoms with Crippen molar-refractivity contribution < 1.29 is 14.3 Å². The van der Waals surface area contributed by atoms with Gasteiger partial charge in [-0.3, -0.25) is 9.59 Å². The lowest BCUT2D eigenvalue weighted by Crippen LogP contribution is -2.34. The van der Waals surface area contributed by atoms with Crippen molar-refractivity contribution >= 4 is 34.4 Å². The first-order valence-corrected chi connectivity index (χ1v) is 8.36. The molecule has 0 spiro atoms. The van der Waals surface area contributed by atoms with Gasteiger partial charge in [-0.15, -0.1) is 0 Å². The predicted molar refractivity (Wildman–Crippen MR) is 86.9 cm³/mol. The molecule has 1 N–H and O–H groups in total. The summed E-state index contributed by atoms with van der Waals surface area (Å²) in [6.07, 6.45) is 1.28. The van der Waals surface area contributed by atoms with Gasteiger partial charge in [0, 0.05) is 28.9 Å². The van der Waals surface area contributed by atoms with Crippen LogP contribution in [0.15, 0.2) is 35.5 Å². The van der Waals surface area contributed by atoms with Crippen LogP contribution in [-0.4, -0.2) is 30.0 Å². The van der Waals surface area contributed by atoms with Gasteiger partial charge in [-0.2, -0.15) is 0 Å². The third-order valence-electron chi connectivity index (χ3n) is 4.01. The van der Waals surface area contributed by atoms with E-state index in [9.17, 15) is 9.59 Å². The number of hydrogen-bond acceptors (Lipinski definition) is 5. The highest BCUT2D eigenvalue weighted by Crippen LogP contribution is 2.43. The molecule has 0 aromatic heterocycles. The molecule has 4 nitrogen and oxygen atoms in total. The first-order chi connectivity index (χ1) is 10.6. The summed E-state index contributed by atoms with van der Waals surface area (Å²) in [7, 11) is 1.37. The molecule has 1 unspecified atom stereocenters. The number of thioether (sulfide) groups is 1. The highest BCUT2D eigenvalue weighted by molar-refractivity contribution is 8.14. The zero-order valence-corrected chi connectivity index (χ0v) is 13.7. The van der Waals surface area contributed by atoms with Crippen LogP contribution in [0.25, 0.3) is 0 Å². The van der Waals surface area contributed by atoms with E-state index < -0.39 is 5.92 Å². The summed E-state index contributed by atoms with van der Waals surface area (Å²) in [5.74, 6) is -0.976. The lowest BCUT2D eigenvalue weighted by atomic mass is 9.88. The van der Waals surface area contributed by atoms with Crippen LogP contribution in [0.4, 0.5) is 0 Å². The van der Waals surface area contributed by atoms with Crippen LogP contribution in [-0.2, 0) is 14.3 Å². The molecular weight excluding hydrogens is 322 g/mol. The first kappa shape index (κ1) is 15.4. The third-order valence-corrected chi connectivity index (χ3v) is 5.56. The zero-order valence-electron chi connectivity index (χ0n) is 12.1. The average molecular weight is 338 g/mol. The smallest absolute Gasteiger partial charge is 0.319 e. The summed E-state index contributed by atoms with van der Waals surface area (Å²) >= 11 is 7.65. The summed E-state index contributed by atoms with van der Waals surface area (Å²) < 4.78 is 4.99. The summed E-state index contributed by atoms with van der Waals surface area (Å²) in [5, 5.41) is 4.15. The van der Waals surface area contributed by atoms with Gasteiger partial charge < -0.3 is 10.1 Å². The summed E-state index contributed by atoms with van der Waals surface area (Å²) in [6, 6.07) is 7.25. The molecule has 2 aliphatic heterocycles. The second-order valence-electron chi connectivity index (χ2n) is 5.29. The van der Waals surface area contributed by atoms with E-state index in [1.54, 1.807) is 6.07 Å². The van der Waals surface area contributed by atoms with Gasteiger partial charge >= 0.3 is 5.97 Å². The number of esters is 1. The Morgan fingerprint density at radius 2 is 2.23 bits per heavy atom. The monoisotopic (exact) mass is 337 g/mol. The van der Waals surface area contributed by atoms with Crippen LogP contribution in [0.3, 0.4) is 0 Å². The largest absolute Gasteiger partial charge is 0.468 e. The minimum atomic E-state index is -0.608. The average Bonchev–Trinajstić information content (AvgIpc) is 2.90. The SMILES string of the molecule is COC(=O)[C@H](C1=C2CC(=O)SC2CCN1)c1ccccc1Cl. The quantitative estimate of drug-likeness (QED) is 0.859. The van der Waals surface area contributed by atoms with Crippen molar-refractivity contribution in [2.24, 2.45) is 0 Å². The van der Waals surface area contributed by atoms with Gasteiger partial charge in [-0.05, 0) is 23.6 Å². The Morgan fingerprint density at radius 3 is 2.95 bits per heavy atom. The number of carbonyl (C=O) groups excluding carboxylic acids is 2. The molecule has 3 rings (SSSR count). The molecule has 0 saturated carbocycles. The molecule has 0 radical (unpaired) electrons.